The third-order valence-electron chi connectivity index (χ3n) is 3.01. The van der Waals surface area contributed by atoms with Crippen molar-refractivity contribution in [1.82, 2.24) is 0 Å². The van der Waals surface area contributed by atoms with Crippen molar-refractivity contribution >= 4 is 39.2 Å². The summed E-state index contributed by atoms with van der Waals surface area (Å²) in [5, 5.41) is 2.84. The molecule has 0 radical (unpaired) electrons. The first kappa shape index (κ1) is 14.1. The first-order chi connectivity index (χ1) is 10.2. The van der Waals surface area contributed by atoms with E-state index in [1.165, 1.54) is 31.0 Å². The van der Waals surface area contributed by atoms with E-state index in [1.54, 1.807) is 29.5 Å². The second kappa shape index (κ2) is 5.87. The molecule has 2 aromatic carbocycles. The summed E-state index contributed by atoms with van der Waals surface area (Å²) in [7, 11) is 1.36. The predicted octanol–water partition coefficient (Wildman–Crippen LogP) is 4.98. The number of thiophene rings is 1. The molecule has 21 heavy (non-hydrogen) atoms. The van der Waals surface area contributed by atoms with Gasteiger partial charge in [0.15, 0.2) is 0 Å². The second-order valence-corrected chi connectivity index (χ2v) is 6.33. The standard InChI is InChI=1S/C16H11FO2S2/c1-19-16(18)11-4-2-3-5-14(11)21-15-9-20-13-7-6-10(17)8-12(13)15/h2-9H,1H3. The Morgan fingerprint density at radius 3 is 2.81 bits per heavy atom. The molecule has 0 spiro atoms. The van der Waals surface area contributed by atoms with Crippen LogP contribution >= 0.6 is 23.1 Å². The van der Waals surface area contributed by atoms with Gasteiger partial charge < -0.3 is 4.74 Å². The Morgan fingerprint density at radius 2 is 2.00 bits per heavy atom. The number of carbonyl (C=O) groups is 1. The van der Waals surface area contributed by atoms with Crippen LogP contribution in [0, 0.1) is 5.82 Å². The molecule has 1 heterocycles. The van der Waals surface area contributed by atoms with Crippen molar-refractivity contribution in [3.8, 4) is 0 Å². The summed E-state index contributed by atoms with van der Waals surface area (Å²) < 4.78 is 19.2. The molecule has 0 aliphatic carbocycles. The molecule has 0 fully saturated rings. The number of benzene rings is 2. The molecule has 0 saturated heterocycles. The van der Waals surface area contributed by atoms with E-state index in [4.69, 9.17) is 4.74 Å². The fourth-order valence-electron chi connectivity index (χ4n) is 2.01. The highest BCUT2D eigenvalue weighted by Gasteiger charge is 2.14. The third kappa shape index (κ3) is 2.80. The first-order valence-electron chi connectivity index (χ1n) is 6.21. The number of hydrogen-bond acceptors (Lipinski definition) is 4. The lowest BCUT2D eigenvalue weighted by atomic mass is 10.2. The van der Waals surface area contributed by atoms with E-state index >= 15 is 0 Å². The van der Waals surface area contributed by atoms with Crippen LogP contribution in [0.3, 0.4) is 0 Å². The molecule has 3 rings (SSSR count). The van der Waals surface area contributed by atoms with Gasteiger partial charge >= 0.3 is 5.97 Å². The van der Waals surface area contributed by atoms with E-state index in [2.05, 4.69) is 0 Å². The fraction of sp³-hybridized carbons (Fsp3) is 0.0625. The Balaban J connectivity index is 2.03. The quantitative estimate of drug-likeness (QED) is 0.637. The van der Waals surface area contributed by atoms with Crippen LogP contribution < -0.4 is 0 Å². The second-order valence-electron chi connectivity index (χ2n) is 4.33. The maximum absolute atomic E-state index is 13.4. The third-order valence-corrected chi connectivity index (χ3v) is 5.26. The van der Waals surface area contributed by atoms with Gasteiger partial charge in [-0.2, -0.15) is 0 Å². The summed E-state index contributed by atoms with van der Waals surface area (Å²) in [5.41, 5.74) is 0.515. The van der Waals surface area contributed by atoms with Crippen molar-refractivity contribution in [1.29, 1.82) is 0 Å². The van der Waals surface area contributed by atoms with E-state index < -0.39 is 0 Å². The zero-order chi connectivity index (χ0) is 14.8. The largest absolute Gasteiger partial charge is 0.465 e. The number of hydrogen-bond donors (Lipinski definition) is 0. The van der Waals surface area contributed by atoms with Crippen molar-refractivity contribution in [3.63, 3.8) is 0 Å². The van der Waals surface area contributed by atoms with Gasteiger partial charge in [0.2, 0.25) is 0 Å². The van der Waals surface area contributed by atoms with Gasteiger partial charge in [-0.15, -0.1) is 11.3 Å². The number of esters is 1. The van der Waals surface area contributed by atoms with Crippen molar-refractivity contribution in [3.05, 3.63) is 59.2 Å². The highest BCUT2D eigenvalue weighted by atomic mass is 32.2. The van der Waals surface area contributed by atoms with Crippen molar-refractivity contribution in [2.45, 2.75) is 9.79 Å². The highest BCUT2D eigenvalue weighted by molar-refractivity contribution is 7.99. The van der Waals surface area contributed by atoms with Crippen LogP contribution in [0.2, 0.25) is 0 Å². The van der Waals surface area contributed by atoms with E-state index in [0.717, 1.165) is 19.9 Å². The van der Waals surface area contributed by atoms with Crippen LogP contribution in [0.1, 0.15) is 10.4 Å². The Hall–Kier alpha value is -1.85. The molecular weight excluding hydrogens is 307 g/mol. The zero-order valence-electron chi connectivity index (χ0n) is 11.1. The Morgan fingerprint density at radius 1 is 1.19 bits per heavy atom. The maximum atomic E-state index is 13.4. The number of carbonyl (C=O) groups excluding carboxylic acids is 1. The fourth-order valence-corrected chi connectivity index (χ4v) is 4.14. The minimum atomic E-state index is -0.371. The molecule has 0 bridgehead atoms. The van der Waals surface area contributed by atoms with Crippen molar-refractivity contribution in [2.75, 3.05) is 7.11 Å². The van der Waals surface area contributed by atoms with Gasteiger partial charge in [0.1, 0.15) is 5.82 Å². The normalized spacial score (nSPS) is 10.8. The molecule has 0 aliphatic heterocycles. The topological polar surface area (TPSA) is 26.3 Å². The molecule has 2 nitrogen and oxygen atoms in total. The molecule has 0 aliphatic rings. The lowest BCUT2D eigenvalue weighted by molar-refractivity contribution is 0.0597. The molecule has 3 aromatic rings. The van der Waals surface area contributed by atoms with Gasteiger partial charge in [0.25, 0.3) is 0 Å². The SMILES string of the molecule is COC(=O)c1ccccc1Sc1csc2ccc(F)cc12. The number of fused-ring (bicyclic) bond motifs is 1. The van der Waals surface area contributed by atoms with Gasteiger partial charge in [0.05, 0.1) is 12.7 Å². The molecule has 106 valence electrons. The minimum Gasteiger partial charge on any atom is -0.465 e. The summed E-state index contributed by atoms with van der Waals surface area (Å²) in [6.07, 6.45) is 0. The molecule has 0 saturated carbocycles. The molecule has 0 unspecified atom stereocenters. The maximum Gasteiger partial charge on any atom is 0.339 e. The van der Waals surface area contributed by atoms with Crippen LogP contribution in [-0.2, 0) is 4.74 Å². The van der Waals surface area contributed by atoms with E-state index in [9.17, 15) is 9.18 Å². The summed E-state index contributed by atoms with van der Waals surface area (Å²) >= 11 is 3.00. The lowest BCUT2D eigenvalue weighted by Gasteiger charge is -2.06. The smallest absolute Gasteiger partial charge is 0.339 e. The molecule has 0 atom stereocenters. The van der Waals surface area contributed by atoms with Gasteiger partial charge in [-0.25, -0.2) is 9.18 Å². The van der Waals surface area contributed by atoms with Gasteiger partial charge in [-0.3, -0.25) is 0 Å². The average Bonchev–Trinajstić information content (AvgIpc) is 2.89. The van der Waals surface area contributed by atoms with Gasteiger partial charge in [0, 0.05) is 25.3 Å². The summed E-state index contributed by atoms with van der Waals surface area (Å²) in [6, 6.07) is 12.0. The van der Waals surface area contributed by atoms with Crippen LogP contribution in [0.4, 0.5) is 4.39 Å². The van der Waals surface area contributed by atoms with E-state index in [-0.39, 0.29) is 11.8 Å². The van der Waals surface area contributed by atoms with Gasteiger partial charge in [-0.05, 0) is 30.3 Å². The van der Waals surface area contributed by atoms with Crippen LogP contribution in [0.25, 0.3) is 10.1 Å². The number of ether oxygens (including phenoxy) is 1. The van der Waals surface area contributed by atoms with E-state index in [0.29, 0.717) is 5.56 Å². The van der Waals surface area contributed by atoms with Crippen molar-refractivity contribution in [2.24, 2.45) is 0 Å². The molecule has 5 heteroatoms. The monoisotopic (exact) mass is 318 g/mol. The minimum absolute atomic E-state index is 0.260. The van der Waals surface area contributed by atoms with Crippen LogP contribution in [0.5, 0.6) is 0 Å². The summed E-state index contributed by atoms with van der Waals surface area (Å²) in [4.78, 5) is 13.5. The average molecular weight is 318 g/mol. The molecule has 0 amide bonds. The predicted molar refractivity (Wildman–Crippen MR) is 83.7 cm³/mol. The Kier molecular flexibility index (Phi) is 3.94. The van der Waals surface area contributed by atoms with Crippen molar-refractivity contribution < 1.29 is 13.9 Å². The number of methoxy groups -OCH3 is 1. The van der Waals surface area contributed by atoms with Gasteiger partial charge in [-0.1, -0.05) is 23.9 Å². The van der Waals surface area contributed by atoms with Crippen LogP contribution in [-0.4, -0.2) is 13.1 Å². The highest BCUT2D eigenvalue weighted by Crippen LogP contribution is 2.39. The van der Waals surface area contributed by atoms with Crippen LogP contribution in [0.15, 0.2) is 57.6 Å². The molecule has 0 N–H and O–H groups in total. The lowest BCUT2D eigenvalue weighted by Crippen LogP contribution is -2.02. The Bertz CT molecular complexity index is 811. The Labute approximate surface area is 129 Å². The molecule has 1 aromatic heterocycles. The summed E-state index contributed by atoms with van der Waals surface area (Å²) in [6.45, 7) is 0. The molecular formula is C16H11FO2S2. The zero-order valence-corrected chi connectivity index (χ0v) is 12.8. The summed E-state index contributed by atoms with van der Waals surface area (Å²) in [5.74, 6) is -0.632. The number of halogens is 1. The number of rotatable bonds is 3. The first-order valence-corrected chi connectivity index (χ1v) is 7.90. The van der Waals surface area contributed by atoms with E-state index in [1.807, 2.05) is 17.5 Å².